The van der Waals surface area contributed by atoms with Gasteiger partial charge < -0.3 is 5.11 Å². The van der Waals surface area contributed by atoms with Crippen LogP contribution in [0, 0.1) is 0 Å². The van der Waals surface area contributed by atoms with Gasteiger partial charge in [-0.1, -0.05) is 34.5 Å². The van der Waals surface area contributed by atoms with Crippen molar-refractivity contribution in [3.8, 4) is 0 Å². The van der Waals surface area contributed by atoms with Crippen LogP contribution in [-0.2, 0) is 6.54 Å². The molecule has 1 aliphatic heterocycles. The first-order chi connectivity index (χ1) is 8.29. The van der Waals surface area contributed by atoms with Crippen LogP contribution in [0.2, 0.25) is 0 Å². The lowest BCUT2D eigenvalue weighted by molar-refractivity contribution is 0.112. The Balaban J connectivity index is 1.97. The third-order valence-electron chi connectivity index (χ3n) is 3.51. The third kappa shape index (κ3) is 3.80. The third-order valence-corrected chi connectivity index (χ3v) is 4.04. The van der Waals surface area contributed by atoms with Crippen molar-refractivity contribution >= 4 is 15.9 Å². The number of aliphatic hydroxyl groups is 1. The smallest absolute Gasteiger partial charge is 0.0445 e. The zero-order valence-corrected chi connectivity index (χ0v) is 11.7. The Labute approximate surface area is 112 Å². The van der Waals surface area contributed by atoms with Crippen LogP contribution in [0.25, 0.3) is 0 Å². The number of hydrogen-bond donors (Lipinski definition) is 1. The molecular weight excluding hydrogens is 278 g/mol. The molecule has 0 radical (unpaired) electrons. The first-order valence-corrected chi connectivity index (χ1v) is 7.18. The van der Waals surface area contributed by atoms with Crippen LogP contribution < -0.4 is 0 Å². The summed E-state index contributed by atoms with van der Waals surface area (Å²) >= 11 is 3.46. The van der Waals surface area contributed by atoms with Crippen LogP contribution in [0.3, 0.4) is 0 Å². The molecule has 1 N–H and O–H groups in total. The van der Waals surface area contributed by atoms with E-state index in [4.69, 9.17) is 5.11 Å². The fourth-order valence-corrected chi connectivity index (χ4v) is 2.83. The number of benzene rings is 1. The summed E-state index contributed by atoms with van der Waals surface area (Å²) in [5.41, 5.74) is 1.36. The van der Waals surface area contributed by atoms with Gasteiger partial charge in [0.05, 0.1) is 0 Å². The molecular formula is C14H20BrNO. The van der Waals surface area contributed by atoms with Gasteiger partial charge >= 0.3 is 0 Å². The Morgan fingerprint density at radius 2 is 2.00 bits per heavy atom. The Morgan fingerprint density at radius 3 is 2.71 bits per heavy atom. The maximum Gasteiger partial charge on any atom is 0.0445 e. The maximum atomic E-state index is 9.11. The van der Waals surface area contributed by atoms with Gasteiger partial charge in [-0.05, 0) is 43.5 Å². The van der Waals surface area contributed by atoms with Crippen molar-refractivity contribution in [2.45, 2.75) is 38.3 Å². The van der Waals surface area contributed by atoms with Crippen molar-refractivity contribution < 1.29 is 5.11 Å². The zero-order chi connectivity index (χ0) is 12.1. The largest absolute Gasteiger partial charge is 0.396 e. The van der Waals surface area contributed by atoms with E-state index in [1.807, 2.05) is 0 Å². The summed E-state index contributed by atoms with van der Waals surface area (Å²) in [7, 11) is 0. The first kappa shape index (κ1) is 13.1. The molecule has 1 aromatic rings. The lowest BCUT2D eigenvalue weighted by Gasteiger charge is -2.35. The van der Waals surface area contributed by atoms with Crippen molar-refractivity contribution in [2.24, 2.45) is 0 Å². The van der Waals surface area contributed by atoms with E-state index in [0.29, 0.717) is 12.6 Å². The van der Waals surface area contributed by atoms with Crippen molar-refractivity contribution in [1.82, 2.24) is 4.90 Å². The highest BCUT2D eigenvalue weighted by Gasteiger charge is 2.21. The molecule has 1 aromatic carbocycles. The Hall–Kier alpha value is -0.380. The van der Waals surface area contributed by atoms with Crippen LogP contribution >= 0.6 is 15.9 Å². The fraction of sp³-hybridized carbons (Fsp3) is 0.571. The molecule has 2 rings (SSSR count). The monoisotopic (exact) mass is 297 g/mol. The normalized spacial score (nSPS) is 21.6. The van der Waals surface area contributed by atoms with Crippen LogP contribution in [0.15, 0.2) is 28.7 Å². The van der Waals surface area contributed by atoms with E-state index in [1.54, 1.807) is 0 Å². The molecule has 0 aromatic heterocycles. The van der Waals surface area contributed by atoms with Crippen LogP contribution in [0.4, 0.5) is 0 Å². The number of halogens is 1. The topological polar surface area (TPSA) is 23.5 Å². The average Bonchev–Trinajstić information content (AvgIpc) is 2.35. The molecule has 94 valence electrons. The van der Waals surface area contributed by atoms with Gasteiger partial charge in [0.15, 0.2) is 0 Å². The predicted octanol–water partition coefficient (Wildman–Crippen LogP) is 3.19. The molecule has 1 saturated heterocycles. The van der Waals surface area contributed by atoms with Gasteiger partial charge in [-0.25, -0.2) is 0 Å². The molecule has 1 fully saturated rings. The number of likely N-dealkylation sites (tertiary alicyclic amines) is 1. The quantitative estimate of drug-likeness (QED) is 0.923. The highest BCUT2D eigenvalue weighted by molar-refractivity contribution is 9.10. The number of nitrogens with zero attached hydrogens (tertiary/aromatic N) is 1. The van der Waals surface area contributed by atoms with Crippen molar-refractivity contribution in [3.05, 3.63) is 34.3 Å². The summed E-state index contributed by atoms with van der Waals surface area (Å²) in [4.78, 5) is 2.52. The lowest BCUT2D eigenvalue weighted by Crippen LogP contribution is -2.39. The molecule has 1 atom stereocenters. The van der Waals surface area contributed by atoms with Gasteiger partial charge in [-0.15, -0.1) is 0 Å². The highest BCUT2D eigenvalue weighted by Crippen LogP contribution is 2.22. The number of piperidine rings is 1. The van der Waals surface area contributed by atoms with Gasteiger partial charge in [-0.3, -0.25) is 4.90 Å². The molecule has 1 aliphatic rings. The van der Waals surface area contributed by atoms with Gasteiger partial charge in [0.2, 0.25) is 0 Å². The minimum atomic E-state index is 0.307. The van der Waals surface area contributed by atoms with Gasteiger partial charge in [-0.2, -0.15) is 0 Å². The maximum absolute atomic E-state index is 9.11. The molecule has 0 unspecified atom stereocenters. The minimum Gasteiger partial charge on any atom is -0.396 e. The van der Waals surface area contributed by atoms with E-state index in [-0.39, 0.29) is 0 Å². The minimum absolute atomic E-state index is 0.307. The predicted molar refractivity (Wildman–Crippen MR) is 73.9 cm³/mol. The summed E-state index contributed by atoms with van der Waals surface area (Å²) in [6.07, 6.45) is 4.74. The number of aliphatic hydroxyl groups excluding tert-OH is 1. The second-order valence-corrected chi connectivity index (χ2v) is 5.67. The SMILES string of the molecule is OCC[C@H]1CCCCN1Cc1ccc(Br)cc1. The lowest BCUT2D eigenvalue weighted by atomic mass is 9.99. The van der Waals surface area contributed by atoms with Crippen LogP contribution in [-0.4, -0.2) is 29.2 Å². The molecule has 0 bridgehead atoms. The van der Waals surface area contributed by atoms with Gasteiger partial charge in [0, 0.05) is 23.7 Å². The van der Waals surface area contributed by atoms with Crippen molar-refractivity contribution in [2.75, 3.05) is 13.2 Å². The summed E-state index contributed by atoms with van der Waals surface area (Å²) in [6, 6.07) is 9.11. The van der Waals surface area contributed by atoms with E-state index in [0.717, 1.165) is 17.4 Å². The van der Waals surface area contributed by atoms with Gasteiger partial charge in [0.1, 0.15) is 0 Å². The van der Waals surface area contributed by atoms with Crippen LogP contribution in [0.5, 0.6) is 0 Å². The van der Waals surface area contributed by atoms with E-state index in [9.17, 15) is 0 Å². The first-order valence-electron chi connectivity index (χ1n) is 6.39. The molecule has 0 aliphatic carbocycles. The Bertz CT molecular complexity index is 337. The number of hydrogen-bond acceptors (Lipinski definition) is 2. The molecule has 2 nitrogen and oxygen atoms in total. The molecule has 0 amide bonds. The van der Waals surface area contributed by atoms with Crippen LogP contribution in [0.1, 0.15) is 31.2 Å². The fourth-order valence-electron chi connectivity index (χ4n) is 2.57. The molecule has 0 spiro atoms. The highest BCUT2D eigenvalue weighted by atomic mass is 79.9. The van der Waals surface area contributed by atoms with E-state index >= 15 is 0 Å². The Kier molecular flexibility index (Phi) is 5.01. The summed E-state index contributed by atoms with van der Waals surface area (Å²) in [6.45, 7) is 2.49. The average molecular weight is 298 g/mol. The molecule has 3 heteroatoms. The van der Waals surface area contributed by atoms with Crippen molar-refractivity contribution in [1.29, 1.82) is 0 Å². The molecule has 0 saturated carbocycles. The summed E-state index contributed by atoms with van der Waals surface area (Å²) in [5.74, 6) is 0. The molecule has 1 heterocycles. The number of rotatable bonds is 4. The van der Waals surface area contributed by atoms with E-state index in [1.165, 1.54) is 31.4 Å². The second kappa shape index (κ2) is 6.53. The second-order valence-electron chi connectivity index (χ2n) is 4.76. The zero-order valence-electron chi connectivity index (χ0n) is 10.1. The Morgan fingerprint density at radius 1 is 1.24 bits per heavy atom. The summed E-state index contributed by atoms with van der Waals surface area (Å²) < 4.78 is 1.13. The van der Waals surface area contributed by atoms with E-state index < -0.39 is 0 Å². The summed E-state index contributed by atoms with van der Waals surface area (Å²) in [5, 5.41) is 9.11. The van der Waals surface area contributed by atoms with Gasteiger partial charge in [0.25, 0.3) is 0 Å². The van der Waals surface area contributed by atoms with E-state index in [2.05, 4.69) is 45.1 Å². The standard InChI is InChI=1S/C14H20BrNO/c15-13-6-4-12(5-7-13)11-16-9-2-1-3-14(16)8-10-17/h4-7,14,17H,1-3,8-11H2/t14-/m1/s1. The van der Waals surface area contributed by atoms with Crippen molar-refractivity contribution in [3.63, 3.8) is 0 Å². The molecule has 17 heavy (non-hydrogen) atoms.